The normalized spacial score (nSPS) is 12.1. The first kappa shape index (κ1) is 14.1. The number of nitrogen functional groups attached to an aromatic ring is 1. The number of halogens is 1. The molecule has 2 rings (SSSR count). The molecule has 19 heavy (non-hydrogen) atoms. The van der Waals surface area contributed by atoms with Crippen LogP contribution < -0.4 is 10.5 Å². The SMILES string of the molecule is COc1ccc(S(=O)Cc2c(N)cccc2Br)cc1. The van der Waals surface area contributed by atoms with E-state index in [0.29, 0.717) is 11.4 Å². The first-order valence-corrected chi connectivity index (χ1v) is 7.78. The van der Waals surface area contributed by atoms with Gasteiger partial charge in [0.2, 0.25) is 0 Å². The fourth-order valence-corrected chi connectivity index (χ4v) is 3.57. The lowest BCUT2D eigenvalue weighted by Gasteiger charge is -2.08. The van der Waals surface area contributed by atoms with Crippen molar-refractivity contribution >= 4 is 32.4 Å². The van der Waals surface area contributed by atoms with Crippen molar-refractivity contribution in [2.75, 3.05) is 12.8 Å². The highest BCUT2D eigenvalue weighted by Crippen LogP contribution is 2.26. The first-order chi connectivity index (χ1) is 9.11. The Hall–Kier alpha value is -1.33. The van der Waals surface area contributed by atoms with E-state index in [-0.39, 0.29) is 0 Å². The summed E-state index contributed by atoms with van der Waals surface area (Å²) in [6, 6.07) is 12.8. The van der Waals surface area contributed by atoms with Crippen LogP contribution in [0.2, 0.25) is 0 Å². The fraction of sp³-hybridized carbons (Fsp3) is 0.143. The molecule has 3 nitrogen and oxygen atoms in total. The van der Waals surface area contributed by atoms with Gasteiger partial charge >= 0.3 is 0 Å². The summed E-state index contributed by atoms with van der Waals surface area (Å²) in [5.41, 5.74) is 7.43. The van der Waals surface area contributed by atoms with E-state index < -0.39 is 10.8 Å². The molecular weight excluding hydrogens is 326 g/mol. The molecule has 1 atom stereocenters. The van der Waals surface area contributed by atoms with Gasteiger partial charge in [-0.05, 0) is 36.4 Å². The molecule has 2 aromatic rings. The van der Waals surface area contributed by atoms with E-state index in [2.05, 4.69) is 15.9 Å². The zero-order valence-electron chi connectivity index (χ0n) is 10.4. The summed E-state index contributed by atoms with van der Waals surface area (Å²) >= 11 is 3.44. The third-order valence-electron chi connectivity index (χ3n) is 2.75. The quantitative estimate of drug-likeness (QED) is 0.869. The lowest BCUT2D eigenvalue weighted by Crippen LogP contribution is -2.01. The fourth-order valence-electron chi connectivity index (χ4n) is 1.67. The van der Waals surface area contributed by atoms with Gasteiger partial charge < -0.3 is 10.5 Å². The number of nitrogens with two attached hydrogens (primary N) is 1. The molecule has 0 bridgehead atoms. The van der Waals surface area contributed by atoms with Crippen LogP contribution in [0.1, 0.15) is 5.56 Å². The predicted molar refractivity (Wildman–Crippen MR) is 81.7 cm³/mol. The number of anilines is 1. The maximum Gasteiger partial charge on any atom is 0.118 e. The second-order valence-corrected chi connectivity index (χ2v) is 6.28. The van der Waals surface area contributed by atoms with Crippen LogP contribution in [0.4, 0.5) is 5.69 Å². The van der Waals surface area contributed by atoms with Crippen LogP contribution in [0, 0.1) is 0 Å². The Morgan fingerprint density at radius 1 is 1.21 bits per heavy atom. The minimum Gasteiger partial charge on any atom is -0.497 e. The van der Waals surface area contributed by atoms with Crippen molar-refractivity contribution in [2.24, 2.45) is 0 Å². The summed E-state index contributed by atoms with van der Waals surface area (Å²) in [6.07, 6.45) is 0. The summed E-state index contributed by atoms with van der Waals surface area (Å²) in [5.74, 6) is 1.14. The van der Waals surface area contributed by atoms with Crippen molar-refractivity contribution in [3.63, 3.8) is 0 Å². The minimum atomic E-state index is -1.13. The second kappa shape index (κ2) is 6.21. The topological polar surface area (TPSA) is 52.3 Å². The number of benzene rings is 2. The second-order valence-electron chi connectivity index (χ2n) is 3.97. The molecule has 0 fully saturated rings. The van der Waals surface area contributed by atoms with E-state index in [0.717, 1.165) is 20.7 Å². The van der Waals surface area contributed by atoms with E-state index in [9.17, 15) is 4.21 Å². The van der Waals surface area contributed by atoms with Crippen molar-refractivity contribution in [3.8, 4) is 5.75 Å². The maximum atomic E-state index is 12.3. The highest BCUT2D eigenvalue weighted by Gasteiger charge is 2.10. The van der Waals surface area contributed by atoms with Gasteiger partial charge in [0.05, 0.1) is 23.7 Å². The van der Waals surface area contributed by atoms with E-state index >= 15 is 0 Å². The number of methoxy groups -OCH3 is 1. The average Bonchev–Trinajstić information content (AvgIpc) is 2.43. The Labute approximate surface area is 123 Å². The molecule has 0 spiro atoms. The van der Waals surface area contributed by atoms with Crippen molar-refractivity contribution in [3.05, 3.63) is 52.5 Å². The Morgan fingerprint density at radius 2 is 1.89 bits per heavy atom. The van der Waals surface area contributed by atoms with Crippen LogP contribution in [0.15, 0.2) is 51.8 Å². The van der Waals surface area contributed by atoms with Crippen LogP contribution >= 0.6 is 15.9 Å². The molecule has 0 amide bonds. The molecule has 0 saturated carbocycles. The van der Waals surface area contributed by atoms with Crippen molar-refractivity contribution in [2.45, 2.75) is 10.6 Å². The first-order valence-electron chi connectivity index (χ1n) is 5.67. The van der Waals surface area contributed by atoms with Gasteiger partial charge in [0.1, 0.15) is 5.75 Å². The number of hydrogen-bond acceptors (Lipinski definition) is 3. The Kier molecular flexibility index (Phi) is 4.61. The van der Waals surface area contributed by atoms with E-state index in [1.807, 2.05) is 30.3 Å². The predicted octanol–water partition coefficient (Wildman–Crippen LogP) is 3.35. The summed E-state index contributed by atoms with van der Waals surface area (Å²) in [4.78, 5) is 0.760. The van der Waals surface area contributed by atoms with Gasteiger partial charge in [-0.1, -0.05) is 22.0 Å². The molecule has 0 heterocycles. The highest BCUT2D eigenvalue weighted by molar-refractivity contribution is 9.10. The van der Waals surface area contributed by atoms with E-state index in [1.54, 1.807) is 19.2 Å². The Balaban J connectivity index is 2.20. The third kappa shape index (κ3) is 3.36. The van der Waals surface area contributed by atoms with Crippen LogP contribution in [0.3, 0.4) is 0 Å². The monoisotopic (exact) mass is 339 g/mol. The Morgan fingerprint density at radius 3 is 2.47 bits per heavy atom. The molecule has 0 aliphatic carbocycles. The molecule has 2 aromatic carbocycles. The van der Waals surface area contributed by atoms with E-state index in [1.165, 1.54) is 0 Å². The molecule has 100 valence electrons. The molecule has 1 unspecified atom stereocenters. The molecule has 0 aromatic heterocycles. The number of ether oxygens (including phenoxy) is 1. The molecule has 0 saturated heterocycles. The lowest BCUT2D eigenvalue weighted by molar-refractivity contribution is 0.414. The molecular formula is C14H14BrNO2S. The number of hydrogen-bond donors (Lipinski definition) is 1. The van der Waals surface area contributed by atoms with Gasteiger partial charge in [0.25, 0.3) is 0 Å². The van der Waals surface area contributed by atoms with Gasteiger partial charge in [-0.3, -0.25) is 4.21 Å². The van der Waals surface area contributed by atoms with Gasteiger partial charge in [-0.15, -0.1) is 0 Å². The van der Waals surface area contributed by atoms with Crippen molar-refractivity contribution < 1.29 is 8.95 Å². The molecule has 5 heteroatoms. The molecule has 0 aliphatic rings. The van der Waals surface area contributed by atoms with Gasteiger partial charge in [0, 0.05) is 20.6 Å². The van der Waals surface area contributed by atoms with E-state index in [4.69, 9.17) is 10.5 Å². The van der Waals surface area contributed by atoms with Gasteiger partial charge in [-0.2, -0.15) is 0 Å². The standard InChI is InChI=1S/C14H14BrNO2S/c1-18-10-5-7-11(8-6-10)19(17)9-12-13(15)3-2-4-14(12)16/h2-8H,9,16H2,1H3. The zero-order valence-corrected chi connectivity index (χ0v) is 12.8. The summed E-state index contributed by atoms with van der Waals surface area (Å²) < 4.78 is 18.3. The molecule has 2 N–H and O–H groups in total. The third-order valence-corrected chi connectivity index (χ3v) is 4.84. The summed E-state index contributed by atoms with van der Waals surface area (Å²) in [7, 11) is 0.474. The lowest BCUT2D eigenvalue weighted by atomic mass is 10.2. The highest BCUT2D eigenvalue weighted by atomic mass is 79.9. The summed E-state index contributed by atoms with van der Waals surface area (Å²) in [5, 5.41) is 0. The van der Waals surface area contributed by atoms with Crippen molar-refractivity contribution in [1.82, 2.24) is 0 Å². The molecule has 0 aliphatic heterocycles. The smallest absolute Gasteiger partial charge is 0.118 e. The summed E-state index contributed by atoms with van der Waals surface area (Å²) in [6.45, 7) is 0. The largest absolute Gasteiger partial charge is 0.497 e. The van der Waals surface area contributed by atoms with Crippen LogP contribution in [0.5, 0.6) is 5.75 Å². The zero-order chi connectivity index (χ0) is 13.8. The van der Waals surface area contributed by atoms with Gasteiger partial charge in [-0.25, -0.2) is 0 Å². The average molecular weight is 340 g/mol. The molecule has 0 radical (unpaired) electrons. The number of rotatable bonds is 4. The van der Waals surface area contributed by atoms with Crippen molar-refractivity contribution in [1.29, 1.82) is 0 Å². The van der Waals surface area contributed by atoms with Crippen LogP contribution in [-0.4, -0.2) is 11.3 Å². The van der Waals surface area contributed by atoms with Crippen LogP contribution in [0.25, 0.3) is 0 Å². The van der Waals surface area contributed by atoms with Crippen LogP contribution in [-0.2, 0) is 16.6 Å². The maximum absolute atomic E-state index is 12.3. The minimum absolute atomic E-state index is 0.388. The Bertz CT molecular complexity index is 579. The van der Waals surface area contributed by atoms with Gasteiger partial charge in [0.15, 0.2) is 0 Å².